The van der Waals surface area contributed by atoms with Crippen LogP contribution in [0.15, 0.2) is 36.4 Å². The number of hydrogen-bond acceptors (Lipinski definition) is 6. The van der Waals surface area contributed by atoms with E-state index in [9.17, 15) is 4.79 Å². The van der Waals surface area contributed by atoms with Crippen LogP contribution in [-0.4, -0.2) is 48.0 Å². The lowest BCUT2D eigenvalue weighted by Crippen LogP contribution is -2.48. The quantitative estimate of drug-likeness (QED) is 0.662. The SMILES string of the molecule is COc1ccc(CN(C)CC2(C)COc3cc(C=O)cc4nc(N)n2c34)cc1. The summed E-state index contributed by atoms with van der Waals surface area (Å²) in [5.41, 5.74) is 9.15. The predicted molar refractivity (Wildman–Crippen MR) is 108 cm³/mol. The summed E-state index contributed by atoms with van der Waals surface area (Å²) in [6.45, 7) is 4.08. The molecule has 0 saturated carbocycles. The molecule has 7 nitrogen and oxygen atoms in total. The molecular formula is C21H24N4O3. The monoisotopic (exact) mass is 380 g/mol. The second kappa shape index (κ2) is 6.83. The molecule has 2 N–H and O–H groups in total. The van der Waals surface area contributed by atoms with Gasteiger partial charge in [-0.1, -0.05) is 12.1 Å². The van der Waals surface area contributed by atoms with Crippen LogP contribution in [0.1, 0.15) is 22.8 Å². The molecule has 3 aromatic rings. The highest BCUT2D eigenvalue weighted by atomic mass is 16.5. The van der Waals surface area contributed by atoms with E-state index in [1.165, 1.54) is 5.56 Å². The number of carbonyl (C=O) groups is 1. The van der Waals surface area contributed by atoms with Crippen molar-refractivity contribution in [3.05, 3.63) is 47.5 Å². The van der Waals surface area contributed by atoms with E-state index in [1.54, 1.807) is 19.2 Å². The molecule has 146 valence electrons. The Balaban J connectivity index is 1.62. The Kier molecular flexibility index (Phi) is 4.47. The Morgan fingerprint density at radius 3 is 2.79 bits per heavy atom. The van der Waals surface area contributed by atoms with Gasteiger partial charge in [-0.25, -0.2) is 4.98 Å². The largest absolute Gasteiger partial charge is 0.497 e. The van der Waals surface area contributed by atoms with Gasteiger partial charge < -0.3 is 15.2 Å². The number of nitrogen functional groups attached to an aromatic ring is 1. The maximum absolute atomic E-state index is 11.2. The normalized spacial score (nSPS) is 18.3. The molecule has 0 radical (unpaired) electrons. The van der Waals surface area contributed by atoms with Gasteiger partial charge in [0.2, 0.25) is 5.95 Å². The van der Waals surface area contributed by atoms with Gasteiger partial charge in [-0.3, -0.25) is 14.3 Å². The molecule has 7 heteroatoms. The molecule has 0 saturated heterocycles. The minimum absolute atomic E-state index is 0.379. The molecule has 0 spiro atoms. The molecule has 0 aliphatic carbocycles. The first-order valence-electron chi connectivity index (χ1n) is 9.15. The van der Waals surface area contributed by atoms with E-state index < -0.39 is 0 Å². The van der Waals surface area contributed by atoms with E-state index in [4.69, 9.17) is 15.2 Å². The lowest BCUT2D eigenvalue weighted by molar-refractivity contribution is 0.109. The first-order valence-corrected chi connectivity index (χ1v) is 9.15. The fourth-order valence-corrected chi connectivity index (χ4v) is 4.03. The van der Waals surface area contributed by atoms with Crippen molar-refractivity contribution in [2.45, 2.75) is 19.0 Å². The zero-order valence-corrected chi connectivity index (χ0v) is 16.3. The summed E-state index contributed by atoms with van der Waals surface area (Å²) < 4.78 is 13.3. The second-order valence-electron chi connectivity index (χ2n) is 7.62. The number of carbonyl (C=O) groups excluding carboxylic acids is 1. The Bertz CT molecular complexity index is 1030. The van der Waals surface area contributed by atoms with Gasteiger partial charge in [-0.2, -0.15) is 0 Å². The highest BCUT2D eigenvalue weighted by molar-refractivity contribution is 5.91. The lowest BCUT2D eigenvalue weighted by Gasteiger charge is -2.39. The highest BCUT2D eigenvalue weighted by Crippen LogP contribution is 2.39. The van der Waals surface area contributed by atoms with Gasteiger partial charge >= 0.3 is 0 Å². The van der Waals surface area contributed by atoms with Crippen LogP contribution in [0, 0.1) is 0 Å². The summed E-state index contributed by atoms with van der Waals surface area (Å²) in [6, 6.07) is 11.5. The van der Waals surface area contributed by atoms with Gasteiger partial charge in [0.25, 0.3) is 0 Å². The maximum atomic E-state index is 11.2. The molecule has 0 bridgehead atoms. The molecule has 28 heavy (non-hydrogen) atoms. The van der Waals surface area contributed by atoms with Crippen LogP contribution in [0.25, 0.3) is 11.0 Å². The van der Waals surface area contributed by atoms with Crippen molar-refractivity contribution in [3.63, 3.8) is 0 Å². The number of imidazole rings is 1. The molecule has 2 heterocycles. The first kappa shape index (κ1) is 18.3. The first-order chi connectivity index (χ1) is 13.4. The smallest absolute Gasteiger partial charge is 0.202 e. The molecule has 0 fully saturated rings. The van der Waals surface area contributed by atoms with E-state index in [1.807, 2.05) is 16.7 Å². The molecular weight excluding hydrogens is 356 g/mol. The number of aromatic nitrogens is 2. The average Bonchev–Trinajstić information content (AvgIpc) is 3.03. The fraction of sp³-hybridized carbons (Fsp3) is 0.333. The Hall–Kier alpha value is -3.06. The van der Waals surface area contributed by atoms with Gasteiger partial charge in [-0.15, -0.1) is 0 Å². The standard InChI is InChI=1S/C21H24N4O3/c1-21(12-24(2)10-14-4-6-16(27-3)7-5-14)13-28-18-9-15(11-26)8-17-19(18)25(21)20(22)23-17/h4-9,11H,10,12-13H2,1-3H3,(H2,22,23). The molecule has 1 aliphatic rings. The number of ether oxygens (including phenoxy) is 2. The minimum atomic E-state index is -0.379. The highest BCUT2D eigenvalue weighted by Gasteiger charge is 2.37. The van der Waals surface area contributed by atoms with Crippen LogP contribution in [0.2, 0.25) is 0 Å². The zero-order chi connectivity index (χ0) is 19.9. The topological polar surface area (TPSA) is 82.6 Å². The van der Waals surface area contributed by atoms with Crippen molar-refractivity contribution < 1.29 is 14.3 Å². The minimum Gasteiger partial charge on any atom is -0.497 e. The summed E-state index contributed by atoms with van der Waals surface area (Å²) in [4.78, 5) is 17.9. The Morgan fingerprint density at radius 2 is 2.11 bits per heavy atom. The van der Waals surface area contributed by atoms with Gasteiger partial charge in [0.05, 0.1) is 18.2 Å². The Labute approximate surface area is 163 Å². The van der Waals surface area contributed by atoms with Crippen LogP contribution >= 0.6 is 0 Å². The number of aldehydes is 1. The molecule has 1 unspecified atom stereocenters. The van der Waals surface area contributed by atoms with Crippen molar-refractivity contribution >= 4 is 23.3 Å². The number of nitrogens with two attached hydrogens (primary N) is 1. The summed E-state index contributed by atoms with van der Waals surface area (Å²) in [5, 5.41) is 0. The lowest BCUT2D eigenvalue weighted by atomic mass is 9.99. The van der Waals surface area contributed by atoms with Crippen LogP contribution in [-0.2, 0) is 12.1 Å². The van der Waals surface area contributed by atoms with Crippen LogP contribution < -0.4 is 15.2 Å². The van der Waals surface area contributed by atoms with Crippen molar-refractivity contribution in [1.29, 1.82) is 0 Å². The van der Waals surface area contributed by atoms with Crippen LogP contribution in [0.4, 0.5) is 5.95 Å². The summed E-state index contributed by atoms with van der Waals surface area (Å²) >= 11 is 0. The zero-order valence-electron chi connectivity index (χ0n) is 16.3. The summed E-state index contributed by atoms with van der Waals surface area (Å²) in [5.74, 6) is 1.93. The van der Waals surface area contributed by atoms with E-state index >= 15 is 0 Å². The molecule has 1 atom stereocenters. The number of methoxy groups -OCH3 is 1. The summed E-state index contributed by atoms with van der Waals surface area (Å²) in [7, 11) is 3.74. The molecule has 1 aromatic heterocycles. The van der Waals surface area contributed by atoms with Crippen molar-refractivity contribution in [3.8, 4) is 11.5 Å². The number of likely N-dealkylation sites (N-methyl/N-ethyl adjacent to an activating group) is 1. The van der Waals surface area contributed by atoms with E-state index in [0.717, 1.165) is 30.6 Å². The van der Waals surface area contributed by atoms with E-state index in [0.29, 0.717) is 29.4 Å². The number of rotatable bonds is 6. The van der Waals surface area contributed by atoms with Gasteiger partial charge in [0.1, 0.15) is 29.9 Å². The number of nitrogens with zero attached hydrogens (tertiary/aromatic N) is 3. The van der Waals surface area contributed by atoms with Gasteiger partial charge in [0.15, 0.2) is 0 Å². The third-order valence-corrected chi connectivity index (χ3v) is 5.20. The Morgan fingerprint density at radius 1 is 1.36 bits per heavy atom. The van der Waals surface area contributed by atoms with Crippen molar-refractivity contribution in [2.75, 3.05) is 33.0 Å². The average molecular weight is 380 g/mol. The molecule has 4 rings (SSSR count). The van der Waals surface area contributed by atoms with Crippen molar-refractivity contribution in [2.24, 2.45) is 0 Å². The third-order valence-electron chi connectivity index (χ3n) is 5.20. The fourth-order valence-electron chi connectivity index (χ4n) is 4.03. The maximum Gasteiger partial charge on any atom is 0.202 e. The molecule has 1 aliphatic heterocycles. The molecule has 0 amide bonds. The van der Waals surface area contributed by atoms with E-state index in [2.05, 4.69) is 36.0 Å². The van der Waals surface area contributed by atoms with Crippen LogP contribution in [0.3, 0.4) is 0 Å². The van der Waals surface area contributed by atoms with E-state index in [-0.39, 0.29) is 5.54 Å². The second-order valence-corrected chi connectivity index (χ2v) is 7.62. The molecule has 2 aromatic carbocycles. The number of anilines is 1. The van der Waals surface area contributed by atoms with Crippen molar-refractivity contribution in [1.82, 2.24) is 14.5 Å². The van der Waals surface area contributed by atoms with Gasteiger partial charge in [0, 0.05) is 18.7 Å². The van der Waals surface area contributed by atoms with Gasteiger partial charge in [-0.05, 0) is 43.8 Å². The summed E-state index contributed by atoms with van der Waals surface area (Å²) in [6.07, 6.45) is 0.797. The number of hydrogen-bond donors (Lipinski definition) is 1. The predicted octanol–water partition coefficient (Wildman–Crippen LogP) is 2.68. The number of benzene rings is 2. The third kappa shape index (κ3) is 3.07. The van der Waals surface area contributed by atoms with Crippen LogP contribution in [0.5, 0.6) is 11.5 Å².